The monoisotopic (exact) mass is 893 g/mol. The highest BCUT2D eigenvalue weighted by Gasteiger charge is 2.33. The summed E-state index contributed by atoms with van der Waals surface area (Å²) in [5.74, 6) is -2.58. The van der Waals surface area contributed by atoms with Gasteiger partial charge in [-0.25, -0.2) is 0 Å². The van der Waals surface area contributed by atoms with Gasteiger partial charge >= 0.3 is 0 Å². The summed E-state index contributed by atoms with van der Waals surface area (Å²) >= 11 is 0. The molecule has 15 nitrogen and oxygen atoms in total. The lowest BCUT2D eigenvalue weighted by atomic mass is 10.1. The molecule has 1 saturated heterocycles. The first-order valence-corrected chi connectivity index (χ1v) is 22.5. The van der Waals surface area contributed by atoms with Crippen LogP contribution in [0.5, 0.6) is 0 Å². The number of carbonyl (C=O) groups is 5. The van der Waals surface area contributed by atoms with Crippen LogP contribution in [0.3, 0.4) is 0 Å². The first-order valence-electron chi connectivity index (χ1n) is 22.5. The number of hydrogen-bond acceptors (Lipinski definition) is 10. The minimum Gasteiger partial charge on any atom is -0.376 e. The molecular weight excluding hydrogens is 835 g/mol. The molecule has 15 heteroatoms. The zero-order valence-electron chi connectivity index (χ0n) is 37.2. The molecule has 0 bridgehead atoms. The Morgan fingerprint density at radius 3 is 1.17 bits per heavy atom. The maximum absolute atomic E-state index is 14.8. The first-order chi connectivity index (χ1) is 32.1. The lowest BCUT2D eigenvalue weighted by molar-refractivity contribution is -0.137. The molecule has 1 heterocycles. The Morgan fingerprint density at radius 1 is 0.409 bits per heavy atom. The average molecular weight is 894 g/mol. The molecule has 7 rings (SSSR count). The van der Waals surface area contributed by atoms with Crippen LogP contribution in [0.4, 0.5) is 17.1 Å². The molecule has 0 aliphatic carbocycles. The lowest BCUT2D eigenvalue weighted by Gasteiger charge is -2.36. The number of nitrogens with two attached hydrogens (primary N) is 3. The molecule has 6 aromatic carbocycles. The molecule has 344 valence electrons. The topological polar surface area (TPSA) is 203 Å². The molecule has 1 fully saturated rings. The van der Waals surface area contributed by atoms with Crippen molar-refractivity contribution in [2.24, 2.45) is 17.2 Å². The second-order valence-electron chi connectivity index (χ2n) is 16.6. The number of anilines is 3. The van der Waals surface area contributed by atoms with Crippen molar-refractivity contribution in [1.82, 2.24) is 14.7 Å². The van der Waals surface area contributed by atoms with Crippen molar-refractivity contribution in [2.75, 3.05) is 93.2 Å². The zero-order valence-corrected chi connectivity index (χ0v) is 37.2. The summed E-state index contributed by atoms with van der Waals surface area (Å²) in [6.45, 7) is -1.25. The standard InChI is InChI=1S/C51H59N9O6/c52-22-7-25-55-31-49(64)58(43-19-16-37-10-1-4-13-40(37)28-43)34-46(61)56(26-8-23-53)32-50(65)60(45-21-18-39-12-3-6-15-42(39)30-45)36-48(63)57(27-9-24-54)33-51(66)59(35-47(55)62)44-20-17-38-11-2-5-14-41(38)29-44/h1-6,10-21,28-30,46,61H,7-9,22-27,31-36,52-54H2. The summed E-state index contributed by atoms with van der Waals surface area (Å²) < 4.78 is 0. The van der Waals surface area contributed by atoms with Gasteiger partial charge in [0.25, 0.3) is 0 Å². The van der Waals surface area contributed by atoms with Gasteiger partial charge in [0, 0.05) is 36.7 Å². The number of fused-ring (bicyclic) bond motifs is 3. The van der Waals surface area contributed by atoms with Crippen LogP contribution >= 0.6 is 0 Å². The maximum atomic E-state index is 14.8. The number of β-amino-alcohol motifs (C(OH)–C–C–N with tert-alkyl or cyclic N) is 1. The molecule has 6 aromatic rings. The second-order valence-corrected chi connectivity index (χ2v) is 16.6. The fourth-order valence-electron chi connectivity index (χ4n) is 8.31. The van der Waals surface area contributed by atoms with Gasteiger partial charge in [0.15, 0.2) is 0 Å². The Kier molecular flexibility index (Phi) is 16.1. The van der Waals surface area contributed by atoms with Crippen molar-refractivity contribution in [3.63, 3.8) is 0 Å². The molecule has 1 aliphatic rings. The first kappa shape index (κ1) is 47.2. The van der Waals surface area contributed by atoms with Gasteiger partial charge < -0.3 is 46.8 Å². The molecule has 0 radical (unpaired) electrons. The Labute approximate surface area is 384 Å². The van der Waals surface area contributed by atoms with Crippen LogP contribution in [0.2, 0.25) is 0 Å². The number of aliphatic hydroxyl groups excluding tert-OH is 1. The van der Waals surface area contributed by atoms with Crippen molar-refractivity contribution in [1.29, 1.82) is 0 Å². The van der Waals surface area contributed by atoms with Gasteiger partial charge in [0.05, 0.1) is 13.1 Å². The molecule has 1 aliphatic heterocycles. The molecule has 0 saturated carbocycles. The van der Waals surface area contributed by atoms with Gasteiger partial charge in [0.2, 0.25) is 29.5 Å². The molecule has 1 atom stereocenters. The van der Waals surface area contributed by atoms with E-state index in [0.29, 0.717) is 36.3 Å². The summed E-state index contributed by atoms with van der Waals surface area (Å²) in [6, 6.07) is 39.4. The third kappa shape index (κ3) is 11.5. The van der Waals surface area contributed by atoms with Crippen LogP contribution in [0.15, 0.2) is 127 Å². The normalized spacial score (nSPS) is 17.1. The third-order valence-electron chi connectivity index (χ3n) is 12.0. The van der Waals surface area contributed by atoms with E-state index < -0.39 is 61.9 Å². The quantitative estimate of drug-likeness (QED) is 0.140. The molecule has 1 unspecified atom stereocenters. The minimum atomic E-state index is -1.39. The molecule has 0 spiro atoms. The van der Waals surface area contributed by atoms with Crippen LogP contribution in [-0.2, 0) is 24.0 Å². The van der Waals surface area contributed by atoms with E-state index in [9.17, 15) is 29.1 Å². The fraction of sp³-hybridized carbons (Fsp3) is 0.314. The van der Waals surface area contributed by atoms with Gasteiger partial charge in [-0.15, -0.1) is 0 Å². The predicted octanol–water partition coefficient (Wildman–Crippen LogP) is 3.88. The Hall–Kier alpha value is -6.75. The van der Waals surface area contributed by atoms with E-state index in [1.54, 1.807) is 23.1 Å². The van der Waals surface area contributed by atoms with Crippen molar-refractivity contribution >= 4 is 78.9 Å². The number of rotatable bonds is 12. The van der Waals surface area contributed by atoms with Crippen LogP contribution in [0, 0.1) is 0 Å². The summed E-state index contributed by atoms with van der Waals surface area (Å²) in [4.78, 5) is 82.2. The molecule has 5 amide bonds. The predicted molar refractivity (Wildman–Crippen MR) is 261 cm³/mol. The molecule has 7 N–H and O–H groups in total. The van der Waals surface area contributed by atoms with Crippen LogP contribution in [-0.4, -0.2) is 134 Å². The highest BCUT2D eigenvalue weighted by molar-refractivity contribution is 6.06. The zero-order chi connectivity index (χ0) is 46.6. The third-order valence-corrected chi connectivity index (χ3v) is 12.0. The summed E-state index contributed by atoms with van der Waals surface area (Å²) in [5.41, 5.74) is 19.2. The van der Waals surface area contributed by atoms with Gasteiger partial charge in [-0.3, -0.25) is 28.9 Å². The Morgan fingerprint density at radius 2 is 0.758 bits per heavy atom. The number of amides is 5. The summed E-state index contributed by atoms with van der Waals surface area (Å²) in [5, 5.41) is 17.5. The van der Waals surface area contributed by atoms with Gasteiger partial charge in [-0.05, 0) is 108 Å². The van der Waals surface area contributed by atoms with E-state index in [1.165, 1.54) is 24.5 Å². The van der Waals surface area contributed by atoms with Crippen molar-refractivity contribution in [2.45, 2.75) is 25.5 Å². The maximum Gasteiger partial charge on any atom is 0.247 e. The van der Waals surface area contributed by atoms with Crippen LogP contribution < -0.4 is 31.9 Å². The number of hydrogen-bond donors (Lipinski definition) is 4. The lowest BCUT2D eigenvalue weighted by Crippen LogP contribution is -2.55. The minimum absolute atomic E-state index is 0.101. The SMILES string of the molecule is NCCCN1CC(=O)N(c2ccc3ccccc3c2)CC(=O)N(CCCN)CC(=O)N(c2ccc3ccccc3c2)CC(O)N(CCCN)CC(=O)N(c2ccc3ccccc3c2)CC1=O. The number of benzene rings is 6. The van der Waals surface area contributed by atoms with E-state index in [-0.39, 0.29) is 52.4 Å². The van der Waals surface area contributed by atoms with Crippen LogP contribution in [0.25, 0.3) is 32.3 Å². The van der Waals surface area contributed by atoms with Gasteiger partial charge in [0.1, 0.15) is 32.4 Å². The Balaban J connectivity index is 1.35. The smallest absolute Gasteiger partial charge is 0.247 e. The molecular formula is C51H59N9O6. The number of aliphatic hydroxyl groups is 1. The highest BCUT2D eigenvalue weighted by Crippen LogP contribution is 2.27. The van der Waals surface area contributed by atoms with E-state index >= 15 is 0 Å². The van der Waals surface area contributed by atoms with E-state index in [4.69, 9.17) is 17.2 Å². The van der Waals surface area contributed by atoms with Crippen LogP contribution in [0.1, 0.15) is 19.3 Å². The van der Waals surface area contributed by atoms with E-state index in [2.05, 4.69) is 0 Å². The van der Waals surface area contributed by atoms with Crippen molar-refractivity contribution in [3.05, 3.63) is 127 Å². The van der Waals surface area contributed by atoms with E-state index in [1.807, 2.05) is 109 Å². The fourth-order valence-corrected chi connectivity index (χ4v) is 8.31. The van der Waals surface area contributed by atoms with Gasteiger partial charge in [-0.1, -0.05) is 91.0 Å². The number of nitrogens with zero attached hydrogens (tertiary/aromatic N) is 6. The highest BCUT2D eigenvalue weighted by atomic mass is 16.3. The second kappa shape index (κ2) is 22.4. The average Bonchev–Trinajstić information content (AvgIpc) is 3.34. The van der Waals surface area contributed by atoms with E-state index in [0.717, 1.165) is 32.3 Å². The molecule has 0 aromatic heterocycles. The largest absolute Gasteiger partial charge is 0.376 e. The van der Waals surface area contributed by atoms with Crippen molar-refractivity contribution < 1.29 is 29.1 Å². The Bertz CT molecular complexity index is 2670. The number of carbonyl (C=O) groups excluding carboxylic acids is 5. The van der Waals surface area contributed by atoms with Gasteiger partial charge in [-0.2, -0.15) is 0 Å². The summed E-state index contributed by atoms with van der Waals surface area (Å²) in [7, 11) is 0. The van der Waals surface area contributed by atoms with Crippen molar-refractivity contribution in [3.8, 4) is 0 Å². The summed E-state index contributed by atoms with van der Waals surface area (Å²) in [6.07, 6.45) is -0.252. The molecule has 66 heavy (non-hydrogen) atoms.